The lowest BCUT2D eigenvalue weighted by molar-refractivity contribution is 0.00430. The lowest BCUT2D eigenvalue weighted by Crippen LogP contribution is -2.44. The number of ketones is 1. The van der Waals surface area contributed by atoms with E-state index in [0.29, 0.717) is 45.9 Å². The van der Waals surface area contributed by atoms with Crippen molar-refractivity contribution >= 4 is 22.7 Å². The Labute approximate surface area is 174 Å². The van der Waals surface area contributed by atoms with Crippen molar-refractivity contribution in [2.75, 3.05) is 0 Å². The second-order valence-electron chi connectivity index (χ2n) is 8.70. The minimum atomic E-state index is -0.384. The number of amides is 1. The van der Waals surface area contributed by atoms with E-state index in [1.54, 1.807) is 24.5 Å². The fourth-order valence-electron chi connectivity index (χ4n) is 4.78. The number of hydrogen-bond donors (Lipinski definition) is 1. The first kappa shape index (κ1) is 19.0. The first-order valence-corrected chi connectivity index (χ1v) is 10.5. The number of fused-ring (bicyclic) bond motifs is 3. The number of nitrogens with one attached hydrogen (secondary N) is 1. The zero-order valence-electron chi connectivity index (χ0n) is 17.2. The van der Waals surface area contributed by atoms with Crippen molar-refractivity contribution in [3.05, 3.63) is 53.2 Å². The summed E-state index contributed by atoms with van der Waals surface area (Å²) in [6.07, 6.45) is 5.91. The molecule has 0 radical (unpaired) electrons. The number of hydrogen-bond acceptors (Lipinski definition) is 5. The molecule has 2 aliphatic rings. The van der Waals surface area contributed by atoms with E-state index in [1.807, 2.05) is 13.0 Å². The summed E-state index contributed by atoms with van der Waals surface area (Å²) in [5.74, 6) is 1.89. The van der Waals surface area contributed by atoms with Gasteiger partial charge in [0.25, 0.3) is 5.91 Å². The summed E-state index contributed by atoms with van der Waals surface area (Å²) in [7, 11) is 0. The van der Waals surface area contributed by atoms with E-state index in [0.717, 1.165) is 25.7 Å². The highest BCUT2D eigenvalue weighted by atomic mass is 16.5. The Morgan fingerprint density at radius 3 is 2.77 bits per heavy atom. The summed E-state index contributed by atoms with van der Waals surface area (Å²) >= 11 is 0. The van der Waals surface area contributed by atoms with Gasteiger partial charge in [0.05, 0.1) is 24.8 Å². The second kappa shape index (κ2) is 7.04. The monoisotopic (exact) mass is 407 g/mol. The molecular weight excluding hydrogens is 382 g/mol. The highest BCUT2D eigenvalue weighted by Gasteiger charge is 2.43. The normalized spacial score (nSPS) is 23.4. The molecule has 0 unspecified atom stereocenters. The molecule has 1 aromatic carbocycles. The van der Waals surface area contributed by atoms with Crippen LogP contribution in [0.1, 0.15) is 71.3 Å². The van der Waals surface area contributed by atoms with Gasteiger partial charge < -0.3 is 18.9 Å². The van der Waals surface area contributed by atoms with E-state index >= 15 is 0 Å². The van der Waals surface area contributed by atoms with Gasteiger partial charge in [-0.25, -0.2) is 0 Å². The summed E-state index contributed by atoms with van der Waals surface area (Å²) in [6.45, 7) is 4.33. The molecule has 3 heterocycles. The van der Waals surface area contributed by atoms with Crippen LogP contribution >= 0.6 is 0 Å². The van der Waals surface area contributed by atoms with Gasteiger partial charge in [-0.3, -0.25) is 9.59 Å². The zero-order valence-corrected chi connectivity index (χ0v) is 17.2. The van der Waals surface area contributed by atoms with E-state index in [9.17, 15) is 9.59 Å². The van der Waals surface area contributed by atoms with E-state index in [1.165, 1.54) is 0 Å². The first-order valence-electron chi connectivity index (χ1n) is 10.5. The number of ether oxygens (including phenoxy) is 1. The Morgan fingerprint density at radius 1 is 1.23 bits per heavy atom. The molecule has 30 heavy (non-hydrogen) atoms. The summed E-state index contributed by atoms with van der Waals surface area (Å²) in [4.78, 5) is 25.9. The molecule has 156 valence electrons. The topological polar surface area (TPSA) is 81.7 Å². The average Bonchev–Trinajstić information content (AvgIpc) is 3.37. The van der Waals surface area contributed by atoms with Gasteiger partial charge >= 0.3 is 0 Å². The van der Waals surface area contributed by atoms with E-state index in [2.05, 4.69) is 12.2 Å². The van der Waals surface area contributed by atoms with Crippen molar-refractivity contribution in [2.24, 2.45) is 5.92 Å². The molecule has 1 spiro atoms. The Bertz CT molecular complexity index is 1120. The third-order valence-electron chi connectivity index (χ3n) is 6.54. The van der Waals surface area contributed by atoms with Crippen LogP contribution in [0.15, 0.2) is 39.4 Å². The van der Waals surface area contributed by atoms with Crippen molar-refractivity contribution in [3.63, 3.8) is 0 Å². The molecule has 6 heteroatoms. The van der Waals surface area contributed by atoms with Gasteiger partial charge in [-0.1, -0.05) is 6.92 Å². The number of aryl methyl sites for hydroxylation is 1. The number of rotatable bonds is 3. The molecule has 1 aliphatic carbocycles. The predicted molar refractivity (Wildman–Crippen MR) is 111 cm³/mol. The van der Waals surface area contributed by atoms with Crippen LogP contribution in [-0.4, -0.2) is 17.3 Å². The van der Waals surface area contributed by atoms with Crippen molar-refractivity contribution < 1.29 is 23.2 Å². The lowest BCUT2D eigenvalue weighted by Gasteiger charge is -2.42. The molecule has 1 fully saturated rings. The zero-order chi connectivity index (χ0) is 20.9. The molecule has 3 aromatic rings. The molecule has 1 N–H and O–H groups in total. The van der Waals surface area contributed by atoms with Crippen LogP contribution in [0.4, 0.5) is 0 Å². The standard InChI is InChI=1S/C24H25NO5/c1-14-7-9-24(10-8-14)12-17(26)21-19(30-24)6-5-18-20(21)15(2)22(29-18)23(27)25-13-16-4-3-11-28-16/h3-6,11,14H,7-10,12-13H2,1-2H3,(H,25,27). The highest BCUT2D eigenvalue weighted by molar-refractivity contribution is 6.13. The third kappa shape index (κ3) is 3.11. The molecule has 2 aromatic heterocycles. The summed E-state index contributed by atoms with van der Waals surface area (Å²) in [5, 5.41) is 3.48. The van der Waals surface area contributed by atoms with Gasteiger partial charge in [0.2, 0.25) is 0 Å². The maximum Gasteiger partial charge on any atom is 0.287 e. The SMILES string of the molecule is Cc1c(C(=O)NCc2ccco2)oc2ccc3c(c12)C(=O)CC1(CCC(C)CC1)O3. The van der Waals surface area contributed by atoms with Crippen LogP contribution in [-0.2, 0) is 6.54 Å². The van der Waals surface area contributed by atoms with Gasteiger partial charge in [0.15, 0.2) is 11.5 Å². The maximum absolute atomic E-state index is 13.2. The number of furan rings is 2. The Hall–Kier alpha value is -3.02. The van der Waals surface area contributed by atoms with Crippen LogP contribution in [0, 0.1) is 12.8 Å². The molecule has 0 bridgehead atoms. The summed E-state index contributed by atoms with van der Waals surface area (Å²) in [5.41, 5.74) is 1.34. The number of benzene rings is 1. The van der Waals surface area contributed by atoms with Gasteiger partial charge in [-0.15, -0.1) is 0 Å². The maximum atomic E-state index is 13.2. The van der Waals surface area contributed by atoms with Crippen LogP contribution in [0.25, 0.3) is 11.0 Å². The Kier molecular flexibility index (Phi) is 4.45. The molecule has 6 nitrogen and oxygen atoms in total. The number of Topliss-reactive ketones (excluding diaryl/α,β-unsaturated/α-hetero) is 1. The van der Waals surface area contributed by atoms with Gasteiger partial charge in [0.1, 0.15) is 22.7 Å². The van der Waals surface area contributed by atoms with Crippen molar-refractivity contribution in [3.8, 4) is 5.75 Å². The Morgan fingerprint density at radius 2 is 2.03 bits per heavy atom. The van der Waals surface area contributed by atoms with Crippen LogP contribution in [0.3, 0.4) is 0 Å². The minimum Gasteiger partial charge on any atom is -0.486 e. The van der Waals surface area contributed by atoms with Gasteiger partial charge in [-0.05, 0) is 62.8 Å². The first-order chi connectivity index (χ1) is 14.5. The molecular formula is C24H25NO5. The average molecular weight is 407 g/mol. The quantitative estimate of drug-likeness (QED) is 0.647. The van der Waals surface area contributed by atoms with E-state index < -0.39 is 0 Å². The molecule has 0 saturated heterocycles. The molecule has 1 saturated carbocycles. The van der Waals surface area contributed by atoms with Crippen LogP contribution < -0.4 is 10.1 Å². The number of carbonyl (C=O) groups excluding carboxylic acids is 2. The summed E-state index contributed by atoms with van der Waals surface area (Å²) < 4.78 is 17.5. The molecule has 0 atom stereocenters. The van der Waals surface area contributed by atoms with Crippen molar-refractivity contribution in [2.45, 2.75) is 58.1 Å². The van der Waals surface area contributed by atoms with Crippen molar-refractivity contribution in [1.29, 1.82) is 0 Å². The fraction of sp³-hybridized carbons (Fsp3) is 0.417. The third-order valence-corrected chi connectivity index (χ3v) is 6.54. The van der Waals surface area contributed by atoms with Crippen LogP contribution in [0.2, 0.25) is 0 Å². The van der Waals surface area contributed by atoms with Crippen molar-refractivity contribution in [1.82, 2.24) is 5.32 Å². The van der Waals surface area contributed by atoms with E-state index in [4.69, 9.17) is 13.6 Å². The van der Waals surface area contributed by atoms with Gasteiger partial charge in [0, 0.05) is 10.9 Å². The molecule has 1 amide bonds. The smallest absolute Gasteiger partial charge is 0.287 e. The number of carbonyl (C=O) groups is 2. The lowest BCUT2D eigenvalue weighted by atomic mass is 9.74. The molecule has 5 rings (SSSR count). The minimum absolute atomic E-state index is 0.0721. The second-order valence-corrected chi connectivity index (χ2v) is 8.70. The fourth-order valence-corrected chi connectivity index (χ4v) is 4.78. The predicted octanol–water partition coefficient (Wildman–Crippen LogP) is 5.18. The van der Waals surface area contributed by atoms with Crippen LogP contribution in [0.5, 0.6) is 5.75 Å². The largest absolute Gasteiger partial charge is 0.486 e. The highest BCUT2D eigenvalue weighted by Crippen LogP contribution is 2.46. The van der Waals surface area contributed by atoms with Gasteiger partial charge in [-0.2, -0.15) is 0 Å². The summed E-state index contributed by atoms with van der Waals surface area (Å²) in [6, 6.07) is 7.16. The van der Waals surface area contributed by atoms with E-state index in [-0.39, 0.29) is 29.6 Å². The molecule has 1 aliphatic heterocycles. The Balaban J connectivity index is 1.47.